The SMILES string of the molecule is CC1=C(C)[C@H]2[C@H](Cc3ccccc3)NC(=O)[C@]23OC(=O)CCC(=O)CCC[C@@H](C)CC=C[C@H]3[C@@H]1O. The van der Waals surface area contributed by atoms with Crippen LogP contribution in [-0.2, 0) is 25.5 Å². The van der Waals surface area contributed by atoms with Gasteiger partial charge in [-0.2, -0.15) is 0 Å². The first-order valence-electron chi connectivity index (χ1n) is 12.8. The van der Waals surface area contributed by atoms with E-state index in [-0.39, 0.29) is 30.6 Å². The fourth-order valence-corrected chi connectivity index (χ4v) is 6.06. The van der Waals surface area contributed by atoms with Gasteiger partial charge in [-0.05, 0) is 56.6 Å². The minimum Gasteiger partial charge on any atom is -0.447 e. The number of hydrogen-bond acceptors (Lipinski definition) is 5. The number of carbonyl (C=O) groups excluding carboxylic acids is 3. The van der Waals surface area contributed by atoms with Crippen LogP contribution in [-0.4, -0.2) is 40.5 Å². The highest BCUT2D eigenvalue weighted by Gasteiger charge is 2.66. The average Bonchev–Trinajstić information content (AvgIpc) is 3.09. The number of amides is 1. The lowest BCUT2D eigenvalue weighted by molar-refractivity contribution is -0.180. The van der Waals surface area contributed by atoms with Crippen molar-refractivity contribution in [2.75, 3.05) is 0 Å². The molecule has 4 rings (SSSR count). The third kappa shape index (κ3) is 4.99. The van der Waals surface area contributed by atoms with Crippen molar-refractivity contribution in [2.45, 2.75) is 83.5 Å². The number of aliphatic hydroxyl groups excluding tert-OH is 1. The summed E-state index contributed by atoms with van der Waals surface area (Å²) >= 11 is 0. The van der Waals surface area contributed by atoms with Gasteiger partial charge in [-0.15, -0.1) is 0 Å². The molecule has 0 unspecified atom stereocenters. The van der Waals surface area contributed by atoms with E-state index >= 15 is 0 Å². The molecule has 6 heteroatoms. The van der Waals surface area contributed by atoms with E-state index in [2.05, 4.69) is 12.2 Å². The molecule has 1 aliphatic carbocycles. The highest BCUT2D eigenvalue weighted by molar-refractivity contribution is 5.93. The van der Waals surface area contributed by atoms with E-state index in [1.54, 1.807) is 0 Å². The Morgan fingerprint density at radius 1 is 1.06 bits per heavy atom. The Balaban J connectivity index is 1.78. The van der Waals surface area contributed by atoms with Crippen LogP contribution in [0.5, 0.6) is 0 Å². The first kappa shape index (κ1) is 25.4. The summed E-state index contributed by atoms with van der Waals surface area (Å²) in [6.07, 6.45) is 6.52. The van der Waals surface area contributed by atoms with Crippen molar-refractivity contribution >= 4 is 17.7 Å². The van der Waals surface area contributed by atoms with Gasteiger partial charge in [0.1, 0.15) is 5.78 Å². The first-order valence-corrected chi connectivity index (χ1v) is 12.8. The Morgan fingerprint density at radius 3 is 2.54 bits per heavy atom. The van der Waals surface area contributed by atoms with Crippen molar-refractivity contribution in [3.05, 3.63) is 59.2 Å². The van der Waals surface area contributed by atoms with Gasteiger partial charge < -0.3 is 15.2 Å². The summed E-state index contributed by atoms with van der Waals surface area (Å²) < 4.78 is 6.11. The monoisotopic (exact) mass is 479 g/mol. The third-order valence-corrected chi connectivity index (χ3v) is 8.13. The van der Waals surface area contributed by atoms with Crippen LogP contribution in [0.1, 0.15) is 64.9 Å². The molecule has 1 fully saturated rings. The molecule has 2 aliphatic heterocycles. The first-order chi connectivity index (χ1) is 16.7. The number of benzene rings is 1. The van der Waals surface area contributed by atoms with Gasteiger partial charge in [0.15, 0.2) is 0 Å². The Hall–Kier alpha value is -2.73. The van der Waals surface area contributed by atoms with E-state index in [9.17, 15) is 19.5 Å². The van der Waals surface area contributed by atoms with Crippen LogP contribution >= 0.6 is 0 Å². The second-order valence-electron chi connectivity index (χ2n) is 10.6. The topological polar surface area (TPSA) is 92.7 Å². The zero-order chi connectivity index (χ0) is 25.2. The van der Waals surface area contributed by atoms with Crippen molar-refractivity contribution in [3.8, 4) is 0 Å². The van der Waals surface area contributed by atoms with Crippen LogP contribution in [0.4, 0.5) is 0 Å². The highest BCUT2D eigenvalue weighted by atomic mass is 16.6. The fraction of sp³-hybridized carbons (Fsp3) is 0.552. The molecule has 35 heavy (non-hydrogen) atoms. The third-order valence-electron chi connectivity index (χ3n) is 8.13. The molecular formula is C29H37NO5. The lowest BCUT2D eigenvalue weighted by atomic mass is 9.63. The lowest BCUT2D eigenvalue weighted by Gasteiger charge is -2.46. The van der Waals surface area contributed by atoms with Crippen LogP contribution in [0.25, 0.3) is 0 Å². The molecule has 3 aliphatic rings. The maximum atomic E-state index is 13.8. The Kier molecular flexibility index (Phi) is 7.60. The number of ketones is 1. The number of aliphatic hydroxyl groups is 1. The molecule has 2 N–H and O–H groups in total. The summed E-state index contributed by atoms with van der Waals surface area (Å²) in [5, 5.41) is 14.5. The van der Waals surface area contributed by atoms with Gasteiger partial charge >= 0.3 is 5.97 Å². The zero-order valence-electron chi connectivity index (χ0n) is 21.0. The summed E-state index contributed by atoms with van der Waals surface area (Å²) in [5.74, 6) is -1.64. The van der Waals surface area contributed by atoms with Crippen molar-refractivity contribution in [3.63, 3.8) is 0 Å². The van der Waals surface area contributed by atoms with Gasteiger partial charge in [0.2, 0.25) is 5.60 Å². The van der Waals surface area contributed by atoms with E-state index in [1.807, 2.05) is 56.3 Å². The van der Waals surface area contributed by atoms with E-state index in [0.29, 0.717) is 18.8 Å². The minimum atomic E-state index is -1.55. The Bertz CT molecular complexity index is 1030. The number of ether oxygens (including phenoxy) is 1. The van der Waals surface area contributed by atoms with Gasteiger partial charge in [0, 0.05) is 18.9 Å². The van der Waals surface area contributed by atoms with E-state index < -0.39 is 29.5 Å². The summed E-state index contributed by atoms with van der Waals surface area (Å²) in [5.41, 5.74) is 1.21. The van der Waals surface area contributed by atoms with Crippen LogP contribution in [0.15, 0.2) is 53.6 Å². The van der Waals surface area contributed by atoms with Gasteiger partial charge in [0.05, 0.1) is 24.4 Å². The molecule has 188 valence electrons. The predicted molar refractivity (Wildman–Crippen MR) is 133 cm³/mol. The van der Waals surface area contributed by atoms with Crippen molar-refractivity contribution in [2.24, 2.45) is 17.8 Å². The molecule has 2 heterocycles. The van der Waals surface area contributed by atoms with Crippen LogP contribution in [0.2, 0.25) is 0 Å². The molecule has 1 amide bonds. The van der Waals surface area contributed by atoms with Gasteiger partial charge in [-0.25, -0.2) is 0 Å². The molecule has 0 saturated carbocycles. The van der Waals surface area contributed by atoms with Crippen LogP contribution < -0.4 is 5.32 Å². The number of nitrogens with one attached hydrogen (secondary N) is 1. The predicted octanol–water partition coefficient (Wildman–Crippen LogP) is 4.07. The molecule has 0 radical (unpaired) electrons. The molecule has 6 nitrogen and oxygen atoms in total. The number of carbonyl (C=O) groups is 3. The van der Waals surface area contributed by atoms with E-state index in [1.165, 1.54) is 0 Å². The summed E-state index contributed by atoms with van der Waals surface area (Å²) in [6.45, 7) is 5.96. The van der Waals surface area contributed by atoms with Crippen molar-refractivity contribution in [1.29, 1.82) is 0 Å². The summed E-state index contributed by atoms with van der Waals surface area (Å²) in [4.78, 5) is 39.2. The highest BCUT2D eigenvalue weighted by Crippen LogP contribution is 2.50. The fourth-order valence-electron chi connectivity index (χ4n) is 6.06. The molecule has 1 aromatic carbocycles. The smallest absolute Gasteiger partial charge is 0.307 e. The Morgan fingerprint density at radius 2 is 1.80 bits per heavy atom. The second-order valence-corrected chi connectivity index (χ2v) is 10.6. The molecule has 1 saturated heterocycles. The van der Waals surface area contributed by atoms with Crippen LogP contribution in [0, 0.1) is 17.8 Å². The molecule has 1 spiro atoms. The lowest BCUT2D eigenvalue weighted by Crippen LogP contribution is -2.59. The number of esters is 1. The van der Waals surface area contributed by atoms with E-state index in [0.717, 1.165) is 36.0 Å². The number of hydrogen-bond donors (Lipinski definition) is 2. The van der Waals surface area contributed by atoms with Crippen LogP contribution in [0.3, 0.4) is 0 Å². The molecule has 0 bridgehead atoms. The zero-order valence-corrected chi connectivity index (χ0v) is 21.0. The largest absolute Gasteiger partial charge is 0.447 e. The number of rotatable bonds is 2. The molecular weight excluding hydrogens is 442 g/mol. The average molecular weight is 480 g/mol. The number of Topliss-reactive ketones (excluding diaryl/α,β-unsaturated/α-hetero) is 1. The number of allylic oxidation sites excluding steroid dienone is 1. The second kappa shape index (κ2) is 10.5. The minimum absolute atomic E-state index is 0.0424. The molecule has 1 aromatic rings. The molecule has 6 atom stereocenters. The summed E-state index contributed by atoms with van der Waals surface area (Å²) in [7, 11) is 0. The quantitative estimate of drug-likeness (QED) is 0.493. The maximum absolute atomic E-state index is 13.8. The summed E-state index contributed by atoms with van der Waals surface area (Å²) in [6, 6.07) is 9.63. The standard InChI is InChI=1S/C29H37NO5/c1-18-9-7-13-22(31)15-16-25(32)35-29-23(14-8-10-18)27(33)20(3)19(2)26(29)24(30-28(29)34)17-21-11-5-4-6-12-21/h4-6,8,11-12,14,18,23-24,26-27,33H,7,9-10,13,15-17H2,1-3H3,(H,30,34)/t18-,23+,24+,26+,27-,29-/m1/s1. The van der Waals surface area contributed by atoms with Crippen molar-refractivity contribution < 1.29 is 24.2 Å². The normalized spacial score (nSPS) is 34.5. The maximum Gasteiger partial charge on any atom is 0.307 e. The van der Waals surface area contributed by atoms with E-state index in [4.69, 9.17) is 4.74 Å². The van der Waals surface area contributed by atoms with Gasteiger partial charge in [-0.3, -0.25) is 14.4 Å². The molecule has 0 aromatic heterocycles. The van der Waals surface area contributed by atoms with Gasteiger partial charge in [0.25, 0.3) is 5.91 Å². The van der Waals surface area contributed by atoms with Crippen molar-refractivity contribution in [1.82, 2.24) is 5.32 Å². The Labute approximate surface area is 207 Å². The van der Waals surface area contributed by atoms with Gasteiger partial charge in [-0.1, -0.05) is 55.0 Å².